The van der Waals surface area contributed by atoms with E-state index in [1.165, 1.54) is 34.9 Å². The van der Waals surface area contributed by atoms with Crippen LogP contribution in [0.1, 0.15) is 25.8 Å². The highest BCUT2D eigenvalue weighted by molar-refractivity contribution is 8.03. The molecule has 0 bridgehead atoms. The molecule has 0 radical (unpaired) electrons. The summed E-state index contributed by atoms with van der Waals surface area (Å²) in [7, 11) is 1.59. The number of rotatable bonds is 13. The van der Waals surface area contributed by atoms with Crippen LogP contribution < -0.4 is 14.8 Å². The molecule has 0 saturated heterocycles. The summed E-state index contributed by atoms with van der Waals surface area (Å²) >= 11 is 4.19. The third-order valence-corrected chi connectivity index (χ3v) is 7.00. The van der Waals surface area contributed by atoms with Crippen molar-refractivity contribution in [3.05, 3.63) is 29.8 Å². The van der Waals surface area contributed by atoms with Crippen LogP contribution in [-0.2, 0) is 4.79 Å². The number of carbonyl (C=O) groups excluding carboxylic acids is 1. The summed E-state index contributed by atoms with van der Waals surface area (Å²) in [4.78, 5) is 11.6. The SMILES string of the molecule is C/C=C/c1ccc(OCC(O)CSc2nnc(SCC(=O)NCCC)s2)c(OC)c1. The van der Waals surface area contributed by atoms with E-state index in [-0.39, 0.29) is 12.5 Å². The Morgan fingerprint density at radius 2 is 2.07 bits per heavy atom. The van der Waals surface area contributed by atoms with Crippen LogP contribution >= 0.6 is 34.9 Å². The number of ether oxygens (including phenoxy) is 2. The zero-order valence-corrected chi connectivity index (χ0v) is 19.7. The minimum atomic E-state index is -0.672. The van der Waals surface area contributed by atoms with E-state index in [4.69, 9.17) is 9.47 Å². The number of aliphatic hydroxyl groups is 1. The lowest BCUT2D eigenvalue weighted by Gasteiger charge is -2.14. The van der Waals surface area contributed by atoms with Gasteiger partial charge < -0.3 is 19.9 Å². The number of hydrogen-bond donors (Lipinski definition) is 2. The summed E-state index contributed by atoms with van der Waals surface area (Å²) < 4.78 is 12.6. The number of carbonyl (C=O) groups is 1. The maximum atomic E-state index is 11.6. The molecule has 0 aliphatic rings. The van der Waals surface area contributed by atoms with Gasteiger partial charge in [-0.3, -0.25) is 4.79 Å². The average molecular weight is 470 g/mol. The van der Waals surface area contributed by atoms with Gasteiger partial charge in [0.15, 0.2) is 20.2 Å². The molecule has 2 N–H and O–H groups in total. The zero-order valence-electron chi connectivity index (χ0n) is 17.3. The molecule has 30 heavy (non-hydrogen) atoms. The standard InChI is InChI=1S/C20H27N3O4S3/c1-4-6-14-7-8-16(17(10-14)26-3)27-11-15(24)12-28-19-22-23-20(30-19)29-13-18(25)21-9-5-2/h4,6-8,10,15,24H,5,9,11-13H2,1-3H3,(H,21,25)/b6-4+. The Morgan fingerprint density at radius 1 is 1.30 bits per heavy atom. The maximum Gasteiger partial charge on any atom is 0.230 e. The first-order valence-corrected chi connectivity index (χ1v) is 12.3. The lowest BCUT2D eigenvalue weighted by atomic mass is 10.2. The predicted octanol–water partition coefficient (Wildman–Crippen LogP) is 3.73. The van der Waals surface area contributed by atoms with Crippen molar-refractivity contribution >= 4 is 46.8 Å². The number of thioether (sulfide) groups is 2. The highest BCUT2D eigenvalue weighted by Gasteiger charge is 2.13. The lowest BCUT2D eigenvalue weighted by Crippen LogP contribution is -2.25. The number of aromatic nitrogens is 2. The van der Waals surface area contributed by atoms with Gasteiger partial charge in [-0.2, -0.15) is 0 Å². The van der Waals surface area contributed by atoms with Gasteiger partial charge in [-0.05, 0) is 31.0 Å². The number of aliphatic hydroxyl groups excluding tert-OH is 1. The predicted molar refractivity (Wildman–Crippen MR) is 124 cm³/mol. The van der Waals surface area contributed by atoms with E-state index in [1.54, 1.807) is 7.11 Å². The molecule has 0 spiro atoms. The number of benzene rings is 1. The Balaban J connectivity index is 1.75. The fourth-order valence-electron chi connectivity index (χ4n) is 2.26. The van der Waals surface area contributed by atoms with Gasteiger partial charge in [0.2, 0.25) is 5.91 Å². The van der Waals surface area contributed by atoms with Crippen LogP contribution in [0.2, 0.25) is 0 Å². The van der Waals surface area contributed by atoms with Gasteiger partial charge in [0.25, 0.3) is 0 Å². The minimum absolute atomic E-state index is 0.00648. The normalized spacial score (nSPS) is 12.1. The van der Waals surface area contributed by atoms with Crippen molar-refractivity contribution < 1.29 is 19.4 Å². The van der Waals surface area contributed by atoms with E-state index in [1.807, 2.05) is 44.2 Å². The Kier molecular flexibility index (Phi) is 11.1. The lowest BCUT2D eigenvalue weighted by molar-refractivity contribution is -0.118. The first-order chi connectivity index (χ1) is 14.5. The van der Waals surface area contributed by atoms with Gasteiger partial charge in [-0.1, -0.05) is 60.0 Å². The van der Waals surface area contributed by atoms with E-state index < -0.39 is 6.10 Å². The molecule has 10 heteroatoms. The van der Waals surface area contributed by atoms with Gasteiger partial charge in [0.1, 0.15) is 6.61 Å². The summed E-state index contributed by atoms with van der Waals surface area (Å²) in [5.41, 5.74) is 1.02. The molecule has 0 aliphatic carbocycles. The van der Waals surface area contributed by atoms with Crippen molar-refractivity contribution in [2.75, 3.05) is 31.8 Å². The first-order valence-electron chi connectivity index (χ1n) is 9.53. The maximum absolute atomic E-state index is 11.6. The Morgan fingerprint density at radius 3 is 2.77 bits per heavy atom. The van der Waals surface area contributed by atoms with Gasteiger partial charge in [-0.25, -0.2) is 0 Å². The molecule has 0 fully saturated rings. The number of nitrogens with one attached hydrogen (secondary N) is 1. The minimum Gasteiger partial charge on any atom is -0.493 e. The van der Waals surface area contributed by atoms with Crippen molar-refractivity contribution in [2.45, 2.75) is 35.1 Å². The van der Waals surface area contributed by atoms with Crippen molar-refractivity contribution in [1.82, 2.24) is 15.5 Å². The third kappa shape index (κ3) is 8.55. The van der Waals surface area contributed by atoms with Gasteiger partial charge in [-0.15, -0.1) is 10.2 Å². The molecule has 7 nitrogen and oxygen atoms in total. The number of methoxy groups -OCH3 is 1. The zero-order chi connectivity index (χ0) is 21.8. The highest BCUT2D eigenvalue weighted by atomic mass is 32.2. The summed E-state index contributed by atoms with van der Waals surface area (Å²) in [5.74, 6) is 1.96. The van der Waals surface area contributed by atoms with Crippen LogP contribution in [0.4, 0.5) is 0 Å². The van der Waals surface area contributed by atoms with Gasteiger partial charge in [0, 0.05) is 12.3 Å². The molecule has 1 unspecified atom stereocenters. The Labute approximate surface area is 189 Å². The van der Waals surface area contributed by atoms with Crippen molar-refractivity contribution in [3.8, 4) is 11.5 Å². The van der Waals surface area contributed by atoms with Gasteiger partial charge >= 0.3 is 0 Å². The van der Waals surface area contributed by atoms with Gasteiger partial charge in [0.05, 0.1) is 19.0 Å². The molecular weight excluding hydrogens is 442 g/mol. The van der Waals surface area contributed by atoms with Crippen LogP contribution in [0.3, 0.4) is 0 Å². The van der Waals surface area contributed by atoms with Crippen LogP contribution in [0.5, 0.6) is 11.5 Å². The van der Waals surface area contributed by atoms with E-state index in [2.05, 4.69) is 15.5 Å². The molecule has 1 atom stereocenters. The van der Waals surface area contributed by atoms with Crippen molar-refractivity contribution in [2.24, 2.45) is 0 Å². The second-order valence-corrected chi connectivity index (χ2v) is 9.63. The summed E-state index contributed by atoms with van der Waals surface area (Å²) in [6.07, 6.45) is 4.17. The van der Waals surface area contributed by atoms with Crippen LogP contribution in [0.25, 0.3) is 6.08 Å². The molecule has 2 aromatic rings. The Hall–Kier alpha value is -1.75. The quantitative estimate of drug-likeness (QED) is 0.429. The molecule has 1 aromatic carbocycles. The fraction of sp³-hybridized carbons (Fsp3) is 0.450. The van der Waals surface area contributed by atoms with E-state index in [0.29, 0.717) is 29.5 Å². The molecule has 1 amide bonds. The molecule has 0 aliphatic heterocycles. The fourth-order valence-corrected chi connectivity index (χ4v) is 5.04. The molecule has 1 aromatic heterocycles. The monoisotopic (exact) mass is 469 g/mol. The second-order valence-electron chi connectivity index (χ2n) is 6.16. The topological polar surface area (TPSA) is 93.6 Å². The first kappa shape index (κ1) is 24.5. The molecular formula is C20H27N3O4S3. The smallest absolute Gasteiger partial charge is 0.230 e. The average Bonchev–Trinajstić information content (AvgIpc) is 3.21. The summed E-state index contributed by atoms with van der Waals surface area (Å²) in [6, 6.07) is 5.65. The largest absolute Gasteiger partial charge is 0.493 e. The van der Waals surface area contributed by atoms with E-state index >= 15 is 0 Å². The molecule has 1 heterocycles. The molecule has 2 rings (SSSR count). The molecule has 164 valence electrons. The second kappa shape index (κ2) is 13.5. The van der Waals surface area contributed by atoms with E-state index in [9.17, 15) is 9.90 Å². The van der Waals surface area contributed by atoms with Crippen LogP contribution in [0.15, 0.2) is 33.0 Å². The molecule has 0 saturated carbocycles. The number of allylic oxidation sites excluding steroid dienone is 1. The summed E-state index contributed by atoms with van der Waals surface area (Å²) in [5, 5.41) is 21.3. The van der Waals surface area contributed by atoms with Crippen molar-refractivity contribution in [1.29, 1.82) is 0 Å². The number of nitrogens with zero attached hydrogens (tertiary/aromatic N) is 2. The highest BCUT2D eigenvalue weighted by Crippen LogP contribution is 2.30. The Bertz CT molecular complexity index is 829. The summed E-state index contributed by atoms with van der Waals surface area (Å²) in [6.45, 7) is 4.79. The van der Waals surface area contributed by atoms with Crippen molar-refractivity contribution in [3.63, 3.8) is 0 Å². The van der Waals surface area contributed by atoms with Crippen LogP contribution in [0, 0.1) is 0 Å². The number of hydrogen-bond acceptors (Lipinski definition) is 9. The third-order valence-electron chi connectivity index (χ3n) is 3.66. The number of amides is 1. The van der Waals surface area contributed by atoms with Crippen LogP contribution in [-0.4, -0.2) is 59.1 Å². The van der Waals surface area contributed by atoms with E-state index in [0.717, 1.165) is 20.7 Å².